The van der Waals surface area contributed by atoms with Gasteiger partial charge in [-0.1, -0.05) is 18.2 Å². The Labute approximate surface area is 97.1 Å². The predicted octanol–water partition coefficient (Wildman–Crippen LogP) is 3.94. The zero-order valence-corrected chi connectivity index (χ0v) is 9.86. The normalized spacial score (nSPS) is 10.0. The van der Waals surface area contributed by atoms with E-state index in [1.807, 2.05) is 43.3 Å². The van der Waals surface area contributed by atoms with Crippen LogP contribution in [-0.2, 0) is 0 Å². The van der Waals surface area contributed by atoms with E-state index in [1.165, 1.54) is 0 Å². The zero-order valence-electron chi connectivity index (χ0n) is 8.27. The van der Waals surface area contributed by atoms with Crippen LogP contribution in [0.15, 0.2) is 47.1 Å². The van der Waals surface area contributed by atoms with Gasteiger partial charge in [-0.2, -0.15) is 0 Å². The fourth-order valence-corrected chi connectivity index (χ4v) is 1.40. The van der Waals surface area contributed by atoms with Crippen LogP contribution < -0.4 is 4.74 Å². The smallest absolute Gasteiger partial charge is 0.219 e. The van der Waals surface area contributed by atoms with Crippen LogP contribution in [0.3, 0.4) is 0 Å². The molecule has 2 nitrogen and oxygen atoms in total. The summed E-state index contributed by atoms with van der Waals surface area (Å²) in [6.45, 7) is 2.00. The summed E-state index contributed by atoms with van der Waals surface area (Å²) in [4.78, 5) is 4.17. The number of ether oxygens (including phenoxy) is 1. The van der Waals surface area contributed by atoms with E-state index < -0.39 is 0 Å². The minimum Gasteiger partial charge on any atom is -0.439 e. The monoisotopic (exact) mass is 263 g/mol. The summed E-state index contributed by atoms with van der Waals surface area (Å²) in [5.74, 6) is 1.41. The van der Waals surface area contributed by atoms with Gasteiger partial charge in [0.1, 0.15) is 5.75 Å². The highest BCUT2D eigenvalue weighted by Gasteiger charge is 2.00. The summed E-state index contributed by atoms with van der Waals surface area (Å²) < 4.78 is 6.57. The Hall–Kier alpha value is -1.35. The van der Waals surface area contributed by atoms with Crippen molar-refractivity contribution in [3.8, 4) is 11.6 Å². The molecule has 0 aliphatic rings. The van der Waals surface area contributed by atoms with Crippen molar-refractivity contribution < 1.29 is 4.74 Å². The van der Waals surface area contributed by atoms with Crippen molar-refractivity contribution in [2.75, 3.05) is 0 Å². The zero-order chi connectivity index (χ0) is 10.7. The van der Waals surface area contributed by atoms with Crippen LogP contribution in [0.4, 0.5) is 0 Å². The molecule has 76 valence electrons. The first kappa shape index (κ1) is 10.2. The summed E-state index contributed by atoms with van der Waals surface area (Å²) in [6, 6.07) is 11.5. The van der Waals surface area contributed by atoms with Crippen LogP contribution >= 0.6 is 15.9 Å². The van der Waals surface area contributed by atoms with Crippen LogP contribution in [0, 0.1) is 6.92 Å². The molecule has 0 unspecified atom stereocenters. The van der Waals surface area contributed by atoms with Crippen LogP contribution in [0.2, 0.25) is 0 Å². The molecule has 0 spiro atoms. The van der Waals surface area contributed by atoms with Gasteiger partial charge in [0.15, 0.2) is 0 Å². The number of para-hydroxylation sites is 1. The van der Waals surface area contributed by atoms with E-state index in [0.717, 1.165) is 15.8 Å². The molecule has 0 N–H and O–H groups in total. The largest absolute Gasteiger partial charge is 0.439 e. The third-order valence-electron chi connectivity index (χ3n) is 1.99. The molecule has 15 heavy (non-hydrogen) atoms. The summed E-state index contributed by atoms with van der Waals surface area (Å²) >= 11 is 3.40. The molecule has 2 rings (SSSR count). The van der Waals surface area contributed by atoms with E-state index in [9.17, 15) is 0 Å². The van der Waals surface area contributed by atoms with Gasteiger partial charge in [0.25, 0.3) is 0 Å². The highest BCUT2D eigenvalue weighted by Crippen LogP contribution is 2.22. The molecule has 0 radical (unpaired) electrons. The van der Waals surface area contributed by atoms with E-state index in [1.54, 1.807) is 6.20 Å². The van der Waals surface area contributed by atoms with Crippen molar-refractivity contribution in [1.29, 1.82) is 0 Å². The Morgan fingerprint density at radius 3 is 2.60 bits per heavy atom. The summed E-state index contributed by atoms with van der Waals surface area (Å²) in [6.07, 6.45) is 1.74. The molecule has 0 saturated heterocycles. The topological polar surface area (TPSA) is 22.1 Å². The number of hydrogen-bond donors (Lipinski definition) is 0. The van der Waals surface area contributed by atoms with Gasteiger partial charge in [-0.05, 0) is 40.5 Å². The fraction of sp³-hybridized carbons (Fsp3) is 0.0833. The van der Waals surface area contributed by atoms with Gasteiger partial charge >= 0.3 is 0 Å². The Kier molecular flexibility index (Phi) is 3.02. The molecule has 0 aliphatic carbocycles. The SMILES string of the molecule is Cc1cc(Oc2ccccc2)ncc1Br. The van der Waals surface area contributed by atoms with Gasteiger partial charge in [-0.3, -0.25) is 0 Å². The van der Waals surface area contributed by atoms with Crippen LogP contribution in [0.1, 0.15) is 5.56 Å². The van der Waals surface area contributed by atoms with E-state index in [-0.39, 0.29) is 0 Å². The van der Waals surface area contributed by atoms with Gasteiger partial charge in [-0.25, -0.2) is 4.98 Å². The fourth-order valence-electron chi connectivity index (χ4n) is 1.18. The molecule has 0 aliphatic heterocycles. The van der Waals surface area contributed by atoms with Gasteiger partial charge < -0.3 is 4.74 Å². The lowest BCUT2D eigenvalue weighted by Crippen LogP contribution is -1.88. The van der Waals surface area contributed by atoms with Crippen molar-refractivity contribution in [1.82, 2.24) is 4.98 Å². The second kappa shape index (κ2) is 4.45. The quantitative estimate of drug-likeness (QED) is 0.819. The average molecular weight is 264 g/mol. The number of nitrogens with zero attached hydrogens (tertiary/aromatic N) is 1. The molecule has 0 fully saturated rings. The first-order valence-electron chi connectivity index (χ1n) is 4.61. The first-order valence-corrected chi connectivity index (χ1v) is 5.40. The van der Waals surface area contributed by atoms with Crippen molar-refractivity contribution in [3.05, 3.63) is 52.6 Å². The number of aromatic nitrogens is 1. The van der Waals surface area contributed by atoms with E-state index in [2.05, 4.69) is 20.9 Å². The maximum absolute atomic E-state index is 5.58. The number of aryl methyl sites for hydroxylation is 1. The van der Waals surface area contributed by atoms with Crippen LogP contribution in [0.5, 0.6) is 11.6 Å². The molecule has 0 amide bonds. The maximum atomic E-state index is 5.58. The molecule has 0 bridgehead atoms. The highest BCUT2D eigenvalue weighted by molar-refractivity contribution is 9.10. The molecule has 3 heteroatoms. The summed E-state index contributed by atoms with van der Waals surface area (Å²) in [5, 5.41) is 0. The Balaban J connectivity index is 2.22. The molecular weight excluding hydrogens is 254 g/mol. The van der Waals surface area contributed by atoms with E-state index in [0.29, 0.717) is 5.88 Å². The van der Waals surface area contributed by atoms with E-state index in [4.69, 9.17) is 4.74 Å². The first-order chi connectivity index (χ1) is 7.25. The van der Waals surface area contributed by atoms with Gasteiger partial charge in [-0.15, -0.1) is 0 Å². The predicted molar refractivity (Wildman–Crippen MR) is 63.2 cm³/mol. The lowest BCUT2D eigenvalue weighted by molar-refractivity contribution is 0.462. The Morgan fingerprint density at radius 2 is 1.93 bits per heavy atom. The Bertz CT molecular complexity index is 456. The average Bonchev–Trinajstić information content (AvgIpc) is 2.25. The lowest BCUT2D eigenvalue weighted by atomic mass is 10.3. The number of pyridine rings is 1. The molecule has 1 aromatic carbocycles. The lowest BCUT2D eigenvalue weighted by Gasteiger charge is -2.05. The number of rotatable bonds is 2. The van der Waals surface area contributed by atoms with Crippen molar-refractivity contribution >= 4 is 15.9 Å². The minimum atomic E-state index is 0.613. The molecule has 2 aromatic rings. The molecule has 0 saturated carbocycles. The van der Waals surface area contributed by atoms with Crippen LogP contribution in [0.25, 0.3) is 0 Å². The van der Waals surface area contributed by atoms with Crippen molar-refractivity contribution in [2.45, 2.75) is 6.92 Å². The standard InChI is InChI=1S/C12H10BrNO/c1-9-7-12(14-8-11(9)13)15-10-5-3-2-4-6-10/h2-8H,1H3. The summed E-state index contributed by atoms with van der Waals surface area (Å²) in [7, 11) is 0. The number of benzene rings is 1. The molecule has 1 aromatic heterocycles. The third kappa shape index (κ3) is 2.57. The van der Waals surface area contributed by atoms with E-state index >= 15 is 0 Å². The van der Waals surface area contributed by atoms with Gasteiger partial charge in [0.2, 0.25) is 5.88 Å². The van der Waals surface area contributed by atoms with Gasteiger partial charge in [0, 0.05) is 16.7 Å². The summed E-state index contributed by atoms with van der Waals surface area (Å²) in [5.41, 5.74) is 1.11. The number of hydrogen-bond acceptors (Lipinski definition) is 2. The number of halogens is 1. The Morgan fingerprint density at radius 1 is 1.20 bits per heavy atom. The van der Waals surface area contributed by atoms with Crippen molar-refractivity contribution in [2.24, 2.45) is 0 Å². The molecule has 1 heterocycles. The third-order valence-corrected chi connectivity index (χ3v) is 2.82. The molecular formula is C12H10BrNO. The molecule has 0 atom stereocenters. The minimum absolute atomic E-state index is 0.613. The second-order valence-corrected chi connectivity index (χ2v) is 4.04. The van der Waals surface area contributed by atoms with Crippen LogP contribution in [-0.4, -0.2) is 4.98 Å². The maximum Gasteiger partial charge on any atom is 0.219 e. The van der Waals surface area contributed by atoms with Gasteiger partial charge in [0.05, 0.1) is 0 Å². The van der Waals surface area contributed by atoms with Crippen molar-refractivity contribution in [3.63, 3.8) is 0 Å². The highest BCUT2D eigenvalue weighted by atomic mass is 79.9. The second-order valence-electron chi connectivity index (χ2n) is 3.19.